The van der Waals surface area contributed by atoms with E-state index in [9.17, 15) is 35.7 Å². The van der Waals surface area contributed by atoms with Gasteiger partial charge in [0.05, 0.1) is 0 Å². The third kappa shape index (κ3) is 16.6. The fourth-order valence-electron chi connectivity index (χ4n) is 13.3. The fraction of sp³-hybridized carbons (Fsp3) is 0.455. The summed E-state index contributed by atoms with van der Waals surface area (Å²) in [6, 6.07) is 32.3. The minimum atomic E-state index is -0.391. The maximum atomic E-state index is 15.5. The molecule has 0 heterocycles. The van der Waals surface area contributed by atoms with E-state index in [-0.39, 0.29) is 154 Å². The van der Waals surface area contributed by atoms with Gasteiger partial charge in [-0.15, -0.1) is 5.75 Å². The number of phenolic OH excluding ortho intramolecular Hbond substituents is 7. The molecule has 0 saturated heterocycles. The maximum absolute atomic E-state index is 15.5. The average Bonchev–Trinajstić information content (AvgIpc) is 0.783. The van der Waals surface area contributed by atoms with E-state index in [1.807, 2.05) is 97.1 Å². The summed E-state index contributed by atoms with van der Waals surface area (Å²) in [6.07, 6.45) is 1.27. The first-order valence-electron chi connectivity index (χ1n) is 34.7. The molecule has 0 saturated carbocycles. The summed E-state index contributed by atoms with van der Waals surface area (Å²) in [4.78, 5) is 0. The number of rotatable bonds is 0. The SMILES string of the molecule is CC(C)(C)c1cc2c([O-])c(c1)Cc1cc(C(C)(C)C)cc(c1O)Cc1cc(C(C)(C)C)cc(c1O)Cc1cc(C(C)(C)C)cc(c1O)Cc1cc(C(C)(C)C)cc(c1O)Cc1cc(C(C)(C)C)cc(c1O)Cc1cc(C(C)(C)C)cc(c1O)Cc1cc(C(C)(C)C)cc(c1O)C2.[Li+]. The van der Waals surface area contributed by atoms with Crippen LogP contribution in [0.4, 0.5) is 0 Å². The third-order valence-electron chi connectivity index (χ3n) is 20.1. The molecule has 7 N–H and O–H groups in total. The molecule has 8 aromatic carbocycles. The molecule has 8 aromatic rings. The van der Waals surface area contributed by atoms with E-state index in [4.69, 9.17) is 0 Å². The summed E-state index contributed by atoms with van der Waals surface area (Å²) in [6.45, 7) is 51.2. The molecule has 512 valence electrons. The van der Waals surface area contributed by atoms with Gasteiger partial charge in [-0.3, -0.25) is 0 Å². The zero-order valence-electron chi connectivity index (χ0n) is 63.4. The zero-order chi connectivity index (χ0) is 71.4. The van der Waals surface area contributed by atoms with Crippen LogP contribution in [-0.4, -0.2) is 35.7 Å². The molecule has 1 aliphatic carbocycles. The maximum Gasteiger partial charge on any atom is 1.00 e. The summed E-state index contributed by atoms with van der Waals surface area (Å²) >= 11 is 0. The van der Waals surface area contributed by atoms with Gasteiger partial charge in [-0.25, -0.2) is 0 Å². The molecule has 0 amide bonds. The second-order valence-corrected chi connectivity index (χ2v) is 36.5. The summed E-state index contributed by atoms with van der Waals surface area (Å²) in [7, 11) is 0. The Morgan fingerprint density at radius 1 is 0.186 bits per heavy atom. The summed E-state index contributed by atoms with van der Waals surface area (Å²) in [5.74, 6) is 0.232. The normalized spacial score (nSPS) is 14.1. The molecule has 0 spiro atoms. The van der Waals surface area contributed by atoms with Crippen molar-refractivity contribution in [2.45, 2.75) is 261 Å². The minimum Gasteiger partial charge on any atom is -0.872 e. The molecule has 9 heteroatoms. The van der Waals surface area contributed by atoms with Crippen molar-refractivity contribution in [3.05, 3.63) is 231 Å². The van der Waals surface area contributed by atoms with E-state index >= 15 is 5.11 Å². The van der Waals surface area contributed by atoms with Gasteiger partial charge in [-0.2, -0.15) is 0 Å². The third-order valence-corrected chi connectivity index (χ3v) is 20.1. The first-order valence-corrected chi connectivity index (χ1v) is 34.7. The summed E-state index contributed by atoms with van der Waals surface area (Å²) in [5, 5.41) is 105. The van der Waals surface area contributed by atoms with Crippen molar-refractivity contribution in [2.75, 3.05) is 0 Å². The quantitative estimate of drug-likeness (QED) is 0.0738. The first kappa shape index (κ1) is 75.5. The van der Waals surface area contributed by atoms with Gasteiger partial charge in [0.15, 0.2) is 0 Å². The second-order valence-electron chi connectivity index (χ2n) is 36.5. The first-order chi connectivity index (χ1) is 43.9. The van der Waals surface area contributed by atoms with Gasteiger partial charge < -0.3 is 40.9 Å². The number of aromatic hydroxyl groups is 7. The predicted molar refractivity (Wildman–Crippen MR) is 395 cm³/mol. The van der Waals surface area contributed by atoms with Crippen LogP contribution in [0, 0.1) is 0 Å². The smallest absolute Gasteiger partial charge is 0.872 e. The van der Waals surface area contributed by atoms with Crippen molar-refractivity contribution in [1.82, 2.24) is 0 Å². The minimum absolute atomic E-state index is 0. The number of hydrogen-bond donors (Lipinski definition) is 7. The molecule has 9 rings (SSSR count). The van der Waals surface area contributed by atoms with Crippen molar-refractivity contribution in [2.24, 2.45) is 0 Å². The van der Waals surface area contributed by atoms with Crippen LogP contribution in [-0.2, 0) is 94.7 Å². The van der Waals surface area contributed by atoms with E-state index < -0.39 is 5.41 Å². The summed E-state index contributed by atoms with van der Waals surface area (Å²) in [5.41, 5.74) is 14.3. The number of hydrogen-bond acceptors (Lipinski definition) is 8. The molecule has 0 radical (unpaired) electrons. The fourth-order valence-corrected chi connectivity index (χ4v) is 13.3. The van der Waals surface area contributed by atoms with Crippen LogP contribution in [0.2, 0.25) is 0 Å². The van der Waals surface area contributed by atoms with Crippen molar-refractivity contribution in [3.63, 3.8) is 0 Å². The molecule has 1 aliphatic rings. The van der Waals surface area contributed by atoms with Crippen LogP contribution in [0.25, 0.3) is 0 Å². The van der Waals surface area contributed by atoms with Gasteiger partial charge in [0.1, 0.15) is 40.2 Å². The zero-order valence-corrected chi connectivity index (χ0v) is 63.4. The van der Waals surface area contributed by atoms with Crippen molar-refractivity contribution in [3.8, 4) is 46.0 Å². The van der Waals surface area contributed by atoms with E-state index in [0.717, 1.165) is 44.5 Å². The summed E-state index contributed by atoms with van der Waals surface area (Å²) < 4.78 is 0. The van der Waals surface area contributed by atoms with Crippen LogP contribution in [0.15, 0.2) is 97.1 Å². The van der Waals surface area contributed by atoms with Crippen LogP contribution in [0.5, 0.6) is 46.0 Å². The van der Waals surface area contributed by atoms with Crippen LogP contribution >= 0.6 is 0 Å². The second kappa shape index (κ2) is 26.5. The van der Waals surface area contributed by atoms with Gasteiger partial charge in [0, 0.05) is 51.4 Å². The van der Waals surface area contributed by atoms with E-state index in [1.165, 1.54) is 0 Å². The van der Waals surface area contributed by atoms with E-state index in [2.05, 4.69) is 166 Å². The van der Waals surface area contributed by atoms with E-state index in [0.29, 0.717) is 89.0 Å². The van der Waals surface area contributed by atoms with Crippen molar-refractivity contribution in [1.29, 1.82) is 0 Å². The molecule has 97 heavy (non-hydrogen) atoms. The number of phenols is 7. The van der Waals surface area contributed by atoms with Crippen LogP contribution < -0.4 is 24.0 Å². The Hall–Kier alpha value is -7.24. The Bertz CT molecular complexity index is 3310. The molecule has 8 nitrogen and oxygen atoms in total. The molecular weight excluding hydrogens is 1190 g/mol. The number of benzene rings is 8. The van der Waals surface area contributed by atoms with Gasteiger partial charge in [0.25, 0.3) is 0 Å². The Balaban J connectivity index is 0.0000120. The van der Waals surface area contributed by atoms with Crippen LogP contribution in [0.1, 0.15) is 300 Å². The Morgan fingerprint density at radius 2 is 0.268 bits per heavy atom. The molecular formula is C88H111LiO8. The molecule has 0 aliphatic heterocycles. The van der Waals surface area contributed by atoms with Gasteiger partial charge in [-0.05, 0) is 166 Å². The standard InChI is InChI=1S/C88H112O8.Li/c1-81(2,3)65-33-49-25-51-35-66(82(4,5)6)37-53(74(51)90)27-55-39-68(84(10,11)12)41-57(76(55)92)29-59-43-70(86(16,17)18)45-61(78(59)94)31-63-47-72(88(22,23)24)48-64(80(63)96)32-62-46-71(87(19,20)21)44-60(79(62)95)30-58-42-69(85(13,14)15)40-56(77(58)93)28-54-38-67(83(7,8)9)36-52(75(54)91)26-50(34-65)73(49)89;/h33-48,89-96H,25-32H2,1-24H3;/q;+1/p-1. The van der Waals surface area contributed by atoms with E-state index in [1.54, 1.807) is 0 Å². The molecule has 0 unspecified atom stereocenters. The largest absolute Gasteiger partial charge is 1.00 e. The molecule has 0 atom stereocenters. The Morgan fingerprint density at radius 3 is 0.361 bits per heavy atom. The molecule has 0 fully saturated rings. The number of fused-ring (bicyclic) bond motifs is 16. The monoisotopic (exact) mass is 1300 g/mol. The van der Waals surface area contributed by atoms with Gasteiger partial charge in [-0.1, -0.05) is 274 Å². The topological polar surface area (TPSA) is 165 Å². The molecule has 16 bridgehead atoms. The van der Waals surface area contributed by atoms with Crippen LogP contribution in [0.3, 0.4) is 0 Å². The van der Waals surface area contributed by atoms with Crippen molar-refractivity contribution < 1.29 is 59.7 Å². The molecule has 0 aromatic heterocycles. The average molecular weight is 1300 g/mol. The van der Waals surface area contributed by atoms with Gasteiger partial charge in [0.2, 0.25) is 0 Å². The van der Waals surface area contributed by atoms with Crippen molar-refractivity contribution >= 4 is 0 Å². The Labute approximate surface area is 593 Å². The van der Waals surface area contributed by atoms with Gasteiger partial charge >= 0.3 is 18.9 Å². The predicted octanol–water partition coefficient (Wildman–Crippen LogP) is 17.1. The Kier molecular flexibility index (Phi) is 20.6.